The fourth-order valence-electron chi connectivity index (χ4n) is 1.20. The molecular formula is C11H9N2. The van der Waals surface area contributed by atoms with E-state index >= 15 is 0 Å². The molecule has 1 aromatic heterocycles. The Morgan fingerprint density at radius 3 is 2.46 bits per heavy atom. The van der Waals surface area contributed by atoms with Crippen molar-refractivity contribution in [2.45, 2.75) is 0 Å². The lowest BCUT2D eigenvalue weighted by atomic mass is 10.1. The van der Waals surface area contributed by atoms with Crippen LogP contribution in [-0.4, -0.2) is 9.97 Å². The van der Waals surface area contributed by atoms with Crippen LogP contribution in [0, 0.1) is 6.92 Å². The average molecular weight is 169 g/mol. The molecule has 0 aliphatic carbocycles. The van der Waals surface area contributed by atoms with Crippen LogP contribution in [0.2, 0.25) is 0 Å². The standard InChI is InChI=1S/C11H9N2/c1-9-3-2-4-10(5-9)11-6-12-8-13-7-11/h2-8H,1H2. The molecule has 0 atom stereocenters. The van der Waals surface area contributed by atoms with Crippen LogP contribution in [0.1, 0.15) is 5.56 Å². The maximum Gasteiger partial charge on any atom is 0.115 e. The summed E-state index contributed by atoms with van der Waals surface area (Å²) in [6, 6.07) is 7.98. The number of hydrogen-bond donors (Lipinski definition) is 0. The highest BCUT2D eigenvalue weighted by Crippen LogP contribution is 2.17. The van der Waals surface area contributed by atoms with Gasteiger partial charge in [0.15, 0.2) is 0 Å². The summed E-state index contributed by atoms with van der Waals surface area (Å²) in [4.78, 5) is 7.92. The lowest BCUT2D eigenvalue weighted by molar-refractivity contribution is 1.17. The monoisotopic (exact) mass is 169 g/mol. The number of aromatic nitrogens is 2. The van der Waals surface area contributed by atoms with Crippen LogP contribution in [0.15, 0.2) is 43.0 Å². The highest BCUT2D eigenvalue weighted by atomic mass is 14.8. The Morgan fingerprint density at radius 1 is 1.00 bits per heavy atom. The molecule has 2 heteroatoms. The summed E-state index contributed by atoms with van der Waals surface area (Å²) in [5.74, 6) is 0. The molecule has 0 aliphatic heterocycles. The SMILES string of the molecule is [CH2]c1cccc(-c2cncnc2)c1. The number of nitrogens with zero attached hydrogens (tertiary/aromatic N) is 2. The zero-order valence-corrected chi connectivity index (χ0v) is 7.14. The van der Waals surface area contributed by atoms with Crippen molar-refractivity contribution in [3.8, 4) is 11.1 Å². The van der Waals surface area contributed by atoms with Gasteiger partial charge in [-0.2, -0.15) is 0 Å². The van der Waals surface area contributed by atoms with Crippen LogP contribution in [0.3, 0.4) is 0 Å². The van der Waals surface area contributed by atoms with Gasteiger partial charge in [-0.15, -0.1) is 0 Å². The zero-order chi connectivity index (χ0) is 9.10. The normalized spacial score (nSPS) is 9.92. The predicted molar refractivity (Wildman–Crippen MR) is 51.9 cm³/mol. The zero-order valence-electron chi connectivity index (χ0n) is 7.14. The molecule has 2 nitrogen and oxygen atoms in total. The first kappa shape index (κ1) is 7.92. The lowest BCUT2D eigenvalue weighted by Gasteiger charge is -2.00. The average Bonchev–Trinajstić information content (AvgIpc) is 2.19. The maximum absolute atomic E-state index is 3.96. The van der Waals surface area contributed by atoms with Crippen molar-refractivity contribution < 1.29 is 0 Å². The summed E-state index contributed by atoms with van der Waals surface area (Å²) in [6.45, 7) is 3.87. The highest BCUT2D eigenvalue weighted by Gasteiger charge is 1.96. The van der Waals surface area contributed by atoms with Crippen molar-refractivity contribution in [1.82, 2.24) is 9.97 Å². The Kier molecular flexibility index (Phi) is 2.04. The molecule has 13 heavy (non-hydrogen) atoms. The molecule has 0 N–H and O–H groups in total. The van der Waals surface area contributed by atoms with Crippen LogP contribution in [-0.2, 0) is 0 Å². The third-order valence-corrected chi connectivity index (χ3v) is 1.82. The predicted octanol–water partition coefficient (Wildman–Crippen LogP) is 2.33. The minimum Gasteiger partial charge on any atom is -0.244 e. The second-order valence-electron chi connectivity index (χ2n) is 2.83. The fourth-order valence-corrected chi connectivity index (χ4v) is 1.20. The lowest BCUT2D eigenvalue weighted by Crippen LogP contribution is -1.82. The minimum absolute atomic E-state index is 1.00. The first-order valence-corrected chi connectivity index (χ1v) is 4.04. The molecule has 0 amide bonds. The molecule has 2 aromatic rings. The molecule has 0 saturated carbocycles. The van der Waals surface area contributed by atoms with Gasteiger partial charge >= 0.3 is 0 Å². The first-order valence-electron chi connectivity index (χ1n) is 4.04. The summed E-state index contributed by atoms with van der Waals surface area (Å²) in [6.07, 6.45) is 5.11. The van der Waals surface area contributed by atoms with Crippen molar-refractivity contribution in [1.29, 1.82) is 0 Å². The molecule has 0 fully saturated rings. The van der Waals surface area contributed by atoms with E-state index in [-0.39, 0.29) is 0 Å². The van der Waals surface area contributed by atoms with Crippen LogP contribution in [0.25, 0.3) is 11.1 Å². The number of benzene rings is 1. The number of rotatable bonds is 1. The molecule has 0 unspecified atom stereocenters. The summed E-state index contributed by atoms with van der Waals surface area (Å²) in [5, 5.41) is 0. The van der Waals surface area contributed by atoms with Crippen molar-refractivity contribution in [3.05, 3.63) is 55.5 Å². The summed E-state index contributed by atoms with van der Waals surface area (Å²) >= 11 is 0. The van der Waals surface area contributed by atoms with Gasteiger partial charge in [0.2, 0.25) is 0 Å². The molecule has 1 heterocycles. The Balaban J connectivity index is 2.48. The smallest absolute Gasteiger partial charge is 0.115 e. The fraction of sp³-hybridized carbons (Fsp3) is 0. The van der Waals surface area contributed by atoms with Crippen molar-refractivity contribution >= 4 is 0 Å². The van der Waals surface area contributed by atoms with E-state index in [2.05, 4.69) is 16.9 Å². The molecule has 0 saturated heterocycles. The molecular weight excluding hydrogens is 160 g/mol. The quantitative estimate of drug-likeness (QED) is 0.654. The minimum atomic E-state index is 1.00. The van der Waals surface area contributed by atoms with E-state index in [9.17, 15) is 0 Å². The van der Waals surface area contributed by atoms with E-state index in [1.807, 2.05) is 24.3 Å². The molecule has 0 bridgehead atoms. The van der Waals surface area contributed by atoms with Crippen LogP contribution in [0.4, 0.5) is 0 Å². The highest BCUT2D eigenvalue weighted by molar-refractivity contribution is 5.62. The van der Waals surface area contributed by atoms with Crippen LogP contribution < -0.4 is 0 Å². The maximum atomic E-state index is 3.96. The largest absolute Gasteiger partial charge is 0.244 e. The van der Waals surface area contributed by atoms with Crippen LogP contribution in [0.5, 0.6) is 0 Å². The van der Waals surface area contributed by atoms with E-state index in [4.69, 9.17) is 0 Å². The van der Waals surface area contributed by atoms with Crippen LogP contribution >= 0.6 is 0 Å². The van der Waals surface area contributed by atoms with Gasteiger partial charge in [0.1, 0.15) is 6.33 Å². The molecule has 2 rings (SSSR count). The Labute approximate surface area is 77.3 Å². The van der Waals surface area contributed by atoms with Gasteiger partial charge in [0.05, 0.1) is 0 Å². The van der Waals surface area contributed by atoms with Gasteiger partial charge in [0.25, 0.3) is 0 Å². The molecule has 1 radical (unpaired) electrons. The van der Waals surface area contributed by atoms with Gasteiger partial charge in [-0.25, -0.2) is 9.97 Å². The van der Waals surface area contributed by atoms with E-state index in [1.54, 1.807) is 12.4 Å². The Morgan fingerprint density at radius 2 is 1.77 bits per heavy atom. The number of hydrogen-bond acceptors (Lipinski definition) is 2. The topological polar surface area (TPSA) is 25.8 Å². The van der Waals surface area contributed by atoms with Gasteiger partial charge < -0.3 is 0 Å². The van der Waals surface area contributed by atoms with Crippen molar-refractivity contribution in [2.24, 2.45) is 0 Å². The second-order valence-corrected chi connectivity index (χ2v) is 2.83. The summed E-state index contributed by atoms with van der Waals surface area (Å²) < 4.78 is 0. The van der Waals surface area contributed by atoms with Gasteiger partial charge in [0, 0.05) is 18.0 Å². The third-order valence-electron chi connectivity index (χ3n) is 1.82. The van der Waals surface area contributed by atoms with Crippen molar-refractivity contribution in [2.75, 3.05) is 0 Å². The Bertz CT molecular complexity index is 396. The van der Waals surface area contributed by atoms with E-state index in [0.717, 1.165) is 16.7 Å². The molecule has 0 aliphatic rings. The molecule has 1 aromatic carbocycles. The molecule has 0 spiro atoms. The van der Waals surface area contributed by atoms with E-state index < -0.39 is 0 Å². The second kappa shape index (κ2) is 3.35. The third kappa shape index (κ3) is 1.72. The van der Waals surface area contributed by atoms with Gasteiger partial charge in [-0.05, 0) is 18.1 Å². The van der Waals surface area contributed by atoms with E-state index in [0.29, 0.717) is 0 Å². The molecule has 63 valence electrons. The summed E-state index contributed by atoms with van der Waals surface area (Å²) in [7, 11) is 0. The van der Waals surface area contributed by atoms with E-state index in [1.165, 1.54) is 6.33 Å². The first-order chi connectivity index (χ1) is 6.36. The Hall–Kier alpha value is -1.70. The van der Waals surface area contributed by atoms with Gasteiger partial charge in [-0.1, -0.05) is 24.3 Å². The summed E-state index contributed by atoms with van der Waals surface area (Å²) in [5.41, 5.74) is 3.13. The van der Waals surface area contributed by atoms with Crippen molar-refractivity contribution in [3.63, 3.8) is 0 Å². The van der Waals surface area contributed by atoms with Gasteiger partial charge in [-0.3, -0.25) is 0 Å².